The van der Waals surface area contributed by atoms with Crippen LogP contribution in [-0.4, -0.2) is 12.2 Å². The first kappa shape index (κ1) is 13.1. The monoisotopic (exact) mass is 306 g/mol. The molecule has 0 aliphatic heterocycles. The molecular formula is C15H15BrO2. The van der Waals surface area contributed by atoms with Crippen LogP contribution in [0.15, 0.2) is 46.9 Å². The zero-order chi connectivity index (χ0) is 13.1. The Kier molecular flexibility index (Phi) is 4.04. The van der Waals surface area contributed by atoms with E-state index in [4.69, 9.17) is 4.74 Å². The number of aliphatic hydroxyl groups excluding tert-OH is 1. The summed E-state index contributed by atoms with van der Waals surface area (Å²) in [6.07, 6.45) is -0.683. The van der Waals surface area contributed by atoms with Crippen LogP contribution in [0.25, 0.3) is 0 Å². The number of hydrogen-bond donors (Lipinski definition) is 1. The van der Waals surface area contributed by atoms with Gasteiger partial charge < -0.3 is 9.84 Å². The molecule has 0 aliphatic carbocycles. The van der Waals surface area contributed by atoms with Gasteiger partial charge in [0.05, 0.1) is 7.11 Å². The second-order valence-electron chi connectivity index (χ2n) is 4.20. The van der Waals surface area contributed by atoms with Crippen LogP contribution >= 0.6 is 15.9 Å². The van der Waals surface area contributed by atoms with Crippen LogP contribution in [0.1, 0.15) is 22.8 Å². The molecule has 0 spiro atoms. The standard InChI is InChI=1S/C15H15BrO2/c1-10-6-7-14(18-2)13(8-10)15(17)11-4-3-5-12(16)9-11/h3-9,15,17H,1-2H3/t15-/m0/s1. The minimum absolute atomic E-state index is 0.683. The molecule has 0 bridgehead atoms. The quantitative estimate of drug-likeness (QED) is 0.933. The van der Waals surface area contributed by atoms with Crippen molar-refractivity contribution in [3.05, 3.63) is 63.6 Å². The van der Waals surface area contributed by atoms with Crippen LogP contribution in [0, 0.1) is 6.92 Å². The van der Waals surface area contributed by atoms with Gasteiger partial charge >= 0.3 is 0 Å². The number of aryl methyl sites for hydroxylation is 1. The Balaban J connectivity index is 2.44. The summed E-state index contributed by atoms with van der Waals surface area (Å²) in [5, 5.41) is 10.5. The lowest BCUT2D eigenvalue weighted by molar-refractivity contribution is 0.214. The highest BCUT2D eigenvalue weighted by atomic mass is 79.9. The fraction of sp³-hybridized carbons (Fsp3) is 0.200. The summed E-state index contributed by atoms with van der Waals surface area (Å²) in [6, 6.07) is 13.4. The fourth-order valence-corrected chi connectivity index (χ4v) is 2.34. The zero-order valence-electron chi connectivity index (χ0n) is 10.4. The van der Waals surface area contributed by atoms with Crippen molar-refractivity contribution in [3.8, 4) is 5.75 Å². The normalized spacial score (nSPS) is 12.2. The molecule has 0 saturated carbocycles. The summed E-state index contributed by atoms with van der Waals surface area (Å²) >= 11 is 3.41. The lowest BCUT2D eigenvalue weighted by Gasteiger charge is -2.16. The Morgan fingerprint density at radius 2 is 1.94 bits per heavy atom. The maximum atomic E-state index is 10.5. The summed E-state index contributed by atoms with van der Waals surface area (Å²) in [5.41, 5.74) is 2.73. The van der Waals surface area contributed by atoms with Crippen molar-refractivity contribution in [1.29, 1.82) is 0 Å². The van der Waals surface area contributed by atoms with E-state index in [-0.39, 0.29) is 0 Å². The average Bonchev–Trinajstić information content (AvgIpc) is 2.38. The molecular weight excluding hydrogens is 292 g/mol. The van der Waals surface area contributed by atoms with Crippen LogP contribution < -0.4 is 4.74 Å². The van der Waals surface area contributed by atoms with Gasteiger partial charge in [0.25, 0.3) is 0 Å². The Bertz CT molecular complexity index is 552. The first-order chi connectivity index (χ1) is 8.61. The molecule has 1 N–H and O–H groups in total. The van der Waals surface area contributed by atoms with Gasteiger partial charge in [0.2, 0.25) is 0 Å². The smallest absolute Gasteiger partial charge is 0.125 e. The highest BCUT2D eigenvalue weighted by molar-refractivity contribution is 9.10. The highest BCUT2D eigenvalue weighted by Gasteiger charge is 2.15. The summed E-state index contributed by atoms with van der Waals surface area (Å²) in [6.45, 7) is 2.00. The third kappa shape index (κ3) is 2.74. The molecule has 0 heterocycles. The van der Waals surface area contributed by atoms with E-state index in [0.717, 1.165) is 21.2 Å². The maximum absolute atomic E-state index is 10.5. The van der Waals surface area contributed by atoms with E-state index < -0.39 is 6.10 Å². The zero-order valence-corrected chi connectivity index (χ0v) is 11.9. The Morgan fingerprint density at radius 3 is 2.61 bits per heavy atom. The van der Waals surface area contributed by atoms with Crippen LogP contribution in [0.5, 0.6) is 5.75 Å². The van der Waals surface area contributed by atoms with Crippen molar-refractivity contribution >= 4 is 15.9 Å². The van der Waals surface area contributed by atoms with Crippen molar-refractivity contribution in [2.24, 2.45) is 0 Å². The lowest BCUT2D eigenvalue weighted by Crippen LogP contribution is -2.02. The van der Waals surface area contributed by atoms with Gasteiger partial charge in [-0.15, -0.1) is 0 Å². The molecule has 3 heteroatoms. The fourth-order valence-electron chi connectivity index (χ4n) is 1.92. The van der Waals surface area contributed by atoms with Crippen molar-refractivity contribution in [1.82, 2.24) is 0 Å². The first-order valence-corrected chi connectivity index (χ1v) is 6.49. The van der Waals surface area contributed by atoms with Gasteiger partial charge in [-0.1, -0.05) is 39.7 Å². The molecule has 0 amide bonds. The number of benzene rings is 2. The predicted octanol–water partition coefficient (Wildman–Crippen LogP) is 3.85. The molecule has 0 unspecified atom stereocenters. The summed E-state index contributed by atoms with van der Waals surface area (Å²) < 4.78 is 6.25. The molecule has 2 aromatic rings. The number of halogens is 1. The summed E-state index contributed by atoms with van der Waals surface area (Å²) in [7, 11) is 1.61. The summed E-state index contributed by atoms with van der Waals surface area (Å²) in [4.78, 5) is 0. The second kappa shape index (κ2) is 5.55. The van der Waals surface area contributed by atoms with Crippen LogP contribution in [-0.2, 0) is 0 Å². The minimum atomic E-state index is -0.683. The van der Waals surface area contributed by atoms with Gasteiger partial charge in [-0.3, -0.25) is 0 Å². The SMILES string of the molecule is COc1ccc(C)cc1[C@@H](O)c1cccc(Br)c1. The predicted molar refractivity (Wildman–Crippen MR) is 75.9 cm³/mol. The van der Waals surface area contributed by atoms with E-state index in [0.29, 0.717) is 5.75 Å². The van der Waals surface area contributed by atoms with E-state index in [1.165, 1.54) is 0 Å². The molecule has 0 radical (unpaired) electrons. The first-order valence-electron chi connectivity index (χ1n) is 5.70. The number of hydrogen-bond acceptors (Lipinski definition) is 2. The van der Waals surface area contributed by atoms with Crippen molar-refractivity contribution in [3.63, 3.8) is 0 Å². The van der Waals surface area contributed by atoms with Gasteiger partial charge in [0, 0.05) is 10.0 Å². The van der Waals surface area contributed by atoms with Crippen molar-refractivity contribution in [2.75, 3.05) is 7.11 Å². The Morgan fingerprint density at radius 1 is 1.17 bits per heavy atom. The van der Waals surface area contributed by atoms with Crippen LogP contribution in [0.4, 0.5) is 0 Å². The van der Waals surface area contributed by atoms with Gasteiger partial charge in [0.15, 0.2) is 0 Å². The van der Waals surface area contributed by atoms with Crippen molar-refractivity contribution in [2.45, 2.75) is 13.0 Å². The van der Waals surface area contributed by atoms with Gasteiger partial charge in [0.1, 0.15) is 11.9 Å². The molecule has 0 saturated heterocycles. The van der Waals surface area contributed by atoms with E-state index in [9.17, 15) is 5.11 Å². The number of rotatable bonds is 3. The molecule has 0 aliphatic rings. The number of methoxy groups -OCH3 is 1. The minimum Gasteiger partial charge on any atom is -0.496 e. The number of ether oxygens (including phenoxy) is 1. The summed E-state index contributed by atoms with van der Waals surface area (Å²) in [5.74, 6) is 0.702. The molecule has 18 heavy (non-hydrogen) atoms. The Hall–Kier alpha value is -1.32. The molecule has 0 fully saturated rings. The van der Waals surface area contributed by atoms with E-state index >= 15 is 0 Å². The lowest BCUT2D eigenvalue weighted by atomic mass is 9.99. The molecule has 2 nitrogen and oxygen atoms in total. The van der Waals surface area contributed by atoms with Gasteiger partial charge in [-0.25, -0.2) is 0 Å². The van der Waals surface area contributed by atoms with Crippen LogP contribution in [0.3, 0.4) is 0 Å². The molecule has 0 aromatic heterocycles. The molecule has 2 rings (SSSR count). The number of aliphatic hydroxyl groups is 1. The van der Waals surface area contributed by atoms with Crippen molar-refractivity contribution < 1.29 is 9.84 Å². The van der Waals surface area contributed by atoms with Gasteiger partial charge in [-0.05, 0) is 36.8 Å². The molecule has 1 atom stereocenters. The largest absolute Gasteiger partial charge is 0.496 e. The third-order valence-corrected chi connectivity index (χ3v) is 3.34. The second-order valence-corrected chi connectivity index (χ2v) is 5.12. The molecule has 2 aromatic carbocycles. The topological polar surface area (TPSA) is 29.5 Å². The highest BCUT2D eigenvalue weighted by Crippen LogP contribution is 2.31. The van der Waals surface area contributed by atoms with E-state index in [2.05, 4.69) is 15.9 Å². The Labute approximate surface area is 115 Å². The maximum Gasteiger partial charge on any atom is 0.125 e. The van der Waals surface area contributed by atoms with E-state index in [1.807, 2.05) is 49.4 Å². The van der Waals surface area contributed by atoms with Gasteiger partial charge in [-0.2, -0.15) is 0 Å². The van der Waals surface area contributed by atoms with Crippen LogP contribution in [0.2, 0.25) is 0 Å². The third-order valence-electron chi connectivity index (χ3n) is 2.84. The van der Waals surface area contributed by atoms with E-state index in [1.54, 1.807) is 7.11 Å². The molecule has 94 valence electrons. The average molecular weight is 307 g/mol.